The van der Waals surface area contributed by atoms with Crippen molar-refractivity contribution in [3.05, 3.63) is 58.6 Å². The topological polar surface area (TPSA) is 122 Å². The van der Waals surface area contributed by atoms with Crippen molar-refractivity contribution < 1.29 is 14.3 Å². The van der Waals surface area contributed by atoms with Crippen LogP contribution in [0.15, 0.2) is 47.5 Å². The van der Waals surface area contributed by atoms with Gasteiger partial charge in [0.05, 0.1) is 46.6 Å². The average molecular weight is 522 g/mol. The zero-order valence-electron chi connectivity index (χ0n) is 22.8. The van der Waals surface area contributed by atoms with Crippen molar-refractivity contribution in [3.63, 3.8) is 0 Å². The molecule has 4 aromatic rings. The molecule has 38 heavy (non-hydrogen) atoms. The fourth-order valence-electron chi connectivity index (χ4n) is 4.84. The SMILES string of the molecule is CCN(CCOc1c(-c2cc(C(=O)OC)cn(C)c2=O)cnn1C)CC(C)(C)n1c(N)nc2ccccc21. The number of hydrogen-bond acceptors (Lipinski definition) is 8. The summed E-state index contributed by atoms with van der Waals surface area (Å²) in [5.74, 6) is 0.406. The van der Waals surface area contributed by atoms with E-state index in [0.29, 0.717) is 36.1 Å². The van der Waals surface area contributed by atoms with Gasteiger partial charge in [-0.3, -0.25) is 9.69 Å². The molecule has 0 aliphatic rings. The Hall–Kier alpha value is -4.12. The van der Waals surface area contributed by atoms with Gasteiger partial charge in [0.2, 0.25) is 11.8 Å². The molecule has 0 atom stereocenters. The Morgan fingerprint density at radius 2 is 1.92 bits per heavy atom. The van der Waals surface area contributed by atoms with Crippen molar-refractivity contribution in [2.24, 2.45) is 14.1 Å². The molecule has 2 N–H and O–H groups in total. The molecule has 0 aliphatic heterocycles. The molecule has 11 nitrogen and oxygen atoms in total. The van der Waals surface area contributed by atoms with E-state index in [9.17, 15) is 9.59 Å². The van der Waals surface area contributed by atoms with Gasteiger partial charge in [0.25, 0.3) is 5.56 Å². The van der Waals surface area contributed by atoms with Crippen molar-refractivity contribution in [2.75, 3.05) is 39.1 Å². The Bertz CT molecular complexity index is 1520. The first kappa shape index (κ1) is 26.9. The van der Waals surface area contributed by atoms with E-state index in [1.54, 1.807) is 25.0 Å². The van der Waals surface area contributed by atoms with Crippen LogP contribution >= 0.6 is 0 Å². The Kier molecular flexibility index (Phi) is 7.58. The second-order valence-electron chi connectivity index (χ2n) is 9.86. The molecule has 0 saturated carbocycles. The van der Waals surface area contributed by atoms with Crippen molar-refractivity contribution >= 4 is 23.0 Å². The number of pyridine rings is 1. The van der Waals surface area contributed by atoms with E-state index in [0.717, 1.165) is 24.1 Å². The number of carbonyl (C=O) groups is 1. The number of aromatic nitrogens is 5. The van der Waals surface area contributed by atoms with Crippen LogP contribution in [-0.4, -0.2) is 68.1 Å². The zero-order chi connectivity index (χ0) is 27.6. The number of carbonyl (C=O) groups excluding carboxylic acids is 1. The van der Waals surface area contributed by atoms with Gasteiger partial charge in [0.1, 0.15) is 6.61 Å². The van der Waals surface area contributed by atoms with E-state index in [1.807, 2.05) is 24.3 Å². The van der Waals surface area contributed by atoms with Gasteiger partial charge in [-0.25, -0.2) is 14.5 Å². The lowest BCUT2D eigenvalue weighted by atomic mass is 10.0. The standard InChI is InChI=1S/C27H35N7O4/c1-7-33(17-27(2,3)34-22-11-9-8-10-21(22)30-26(34)28)12-13-38-24-20(15-29-32(24)5)19-14-18(25(36)37-6)16-31(4)23(19)35/h8-11,14-16H,7,12-13,17H2,1-6H3,(H2,28,30). The molecule has 0 fully saturated rings. The number of methoxy groups -OCH3 is 1. The normalized spacial score (nSPS) is 11.9. The highest BCUT2D eigenvalue weighted by Gasteiger charge is 2.28. The van der Waals surface area contributed by atoms with Gasteiger partial charge >= 0.3 is 5.97 Å². The van der Waals surface area contributed by atoms with Crippen LogP contribution < -0.4 is 16.0 Å². The highest BCUT2D eigenvalue weighted by Crippen LogP contribution is 2.29. The lowest BCUT2D eigenvalue weighted by Crippen LogP contribution is -2.43. The number of esters is 1. The minimum Gasteiger partial charge on any atom is -0.476 e. The van der Waals surface area contributed by atoms with Gasteiger partial charge < -0.3 is 24.3 Å². The average Bonchev–Trinajstić information content (AvgIpc) is 3.43. The predicted octanol–water partition coefficient (Wildman–Crippen LogP) is 2.64. The molecule has 0 unspecified atom stereocenters. The fraction of sp³-hybridized carbons (Fsp3) is 0.407. The fourth-order valence-corrected chi connectivity index (χ4v) is 4.84. The first-order valence-electron chi connectivity index (χ1n) is 12.5. The van der Waals surface area contributed by atoms with Crippen LogP contribution in [0.4, 0.5) is 5.95 Å². The maximum atomic E-state index is 12.9. The number of rotatable bonds is 10. The van der Waals surface area contributed by atoms with Gasteiger partial charge in [-0.1, -0.05) is 19.1 Å². The molecule has 11 heteroatoms. The molecule has 0 amide bonds. The minimum absolute atomic E-state index is 0.266. The number of para-hydroxylation sites is 2. The van der Waals surface area contributed by atoms with Gasteiger partial charge in [-0.2, -0.15) is 5.10 Å². The van der Waals surface area contributed by atoms with Crippen molar-refractivity contribution in [1.29, 1.82) is 0 Å². The number of ether oxygens (including phenoxy) is 2. The number of imidazole rings is 1. The molecule has 0 bridgehead atoms. The number of fused-ring (bicyclic) bond motifs is 1. The summed E-state index contributed by atoms with van der Waals surface area (Å²) in [4.78, 5) is 31.8. The molecule has 3 heterocycles. The summed E-state index contributed by atoms with van der Waals surface area (Å²) in [6.45, 7) is 8.92. The maximum Gasteiger partial charge on any atom is 0.339 e. The summed E-state index contributed by atoms with van der Waals surface area (Å²) >= 11 is 0. The Balaban J connectivity index is 1.52. The number of hydrogen-bond donors (Lipinski definition) is 1. The lowest BCUT2D eigenvalue weighted by molar-refractivity contribution is 0.0599. The van der Waals surface area contributed by atoms with Crippen LogP contribution in [-0.2, 0) is 24.4 Å². The number of nitrogens with two attached hydrogens (primary N) is 1. The predicted molar refractivity (Wildman–Crippen MR) is 146 cm³/mol. The van der Waals surface area contributed by atoms with Crippen LogP contribution in [0.2, 0.25) is 0 Å². The summed E-state index contributed by atoms with van der Waals surface area (Å²) in [6.07, 6.45) is 3.02. The monoisotopic (exact) mass is 521 g/mol. The van der Waals surface area contributed by atoms with E-state index in [-0.39, 0.29) is 16.7 Å². The Labute approximate surface area is 221 Å². The molecule has 4 rings (SSSR count). The van der Waals surface area contributed by atoms with Gasteiger partial charge in [0.15, 0.2) is 0 Å². The second-order valence-corrected chi connectivity index (χ2v) is 9.86. The molecule has 0 radical (unpaired) electrons. The van der Waals surface area contributed by atoms with Crippen molar-refractivity contribution in [3.8, 4) is 17.0 Å². The number of aryl methyl sites for hydroxylation is 2. The van der Waals surface area contributed by atoms with Crippen LogP contribution in [0.1, 0.15) is 31.1 Å². The molecular weight excluding hydrogens is 486 g/mol. The third kappa shape index (κ3) is 5.14. The van der Waals surface area contributed by atoms with Crippen molar-refractivity contribution in [2.45, 2.75) is 26.3 Å². The molecule has 0 aliphatic carbocycles. The molecule has 202 valence electrons. The van der Waals surface area contributed by atoms with E-state index in [1.165, 1.54) is 23.9 Å². The second kappa shape index (κ2) is 10.7. The first-order valence-corrected chi connectivity index (χ1v) is 12.5. The summed E-state index contributed by atoms with van der Waals surface area (Å²) in [5.41, 5.74) is 8.69. The number of benzene rings is 1. The van der Waals surface area contributed by atoms with Crippen LogP contribution in [0.3, 0.4) is 0 Å². The summed E-state index contributed by atoms with van der Waals surface area (Å²) in [7, 11) is 4.64. The number of likely N-dealkylation sites (N-methyl/N-ethyl adjacent to an activating group) is 1. The van der Waals surface area contributed by atoms with E-state index in [2.05, 4.69) is 40.3 Å². The van der Waals surface area contributed by atoms with E-state index < -0.39 is 5.97 Å². The Morgan fingerprint density at radius 3 is 2.63 bits per heavy atom. The summed E-state index contributed by atoms with van der Waals surface area (Å²) < 4.78 is 16.0. The van der Waals surface area contributed by atoms with E-state index >= 15 is 0 Å². The Morgan fingerprint density at radius 1 is 1.18 bits per heavy atom. The molecule has 0 saturated heterocycles. The largest absolute Gasteiger partial charge is 0.476 e. The quantitative estimate of drug-likeness (QED) is 0.316. The highest BCUT2D eigenvalue weighted by atomic mass is 16.5. The maximum absolute atomic E-state index is 12.9. The third-order valence-electron chi connectivity index (χ3n) is 6.68. The smallest absolute Gasteiger partial charge is 0.339 e. The van der Waals surface area contributed by atoms with E-state index in [4.69, 9.17) is 15.2 Å². The van der Waals surface area contributed by atoms with Crippen LogP contribution in [0, 0.1) is 0 Å². The third-order valence-corrected chi connectivity index (χ3v) is 6.68. The number of nitrogen functional groups attached to an aromatic ring is 1. The van der Waals surface area contributed by atoms with Gasteiger partial charge in [-0.15, -0.1) is 0 Å². The number of nitrogens with zero attached hydrogens (tertiary/aromatic N) is 6. The molecule has 0 spiro atoms. The summed E-state index contributed by atoms with van der Waals surface area (Å²) in [6, 6.07) is 9.45. The van der Waals surface area contributed by atoms with Crippen molar-refractivity contribution in [1.82, 2.24) is 28.8 Å². The highest BCUT2D eigenvalue weighted by molar-refractivity contribution is 5.90. The first-order chi connectivity index (χ1) is 18.1. The number of anilines is 1. The molecule has 1 aromatic carbocycles. The zero-order valence-corrected chi connectivity index (χ0v) is 22.8. The van der Waals surface area contributed by atoms with Crippen LogP contribution in [0.5, 0.6) is 5.88 Å². The lowest BCUT2D eigenvalue weighted by Gasteiger charge is -2.34. The van der Waals surface area contributed by atoms with Gasteiger partial charge in [-0.05, 0) is 38.6 Å². The molecular formula is C27H35N7O4. The summed E-state index contributed by atoms with van der Waals surface area (Å²) in [5, 5.41) is 4.30. The van der Waals surface area contributed by atoms with Crippen LogP contribution in [0.25, 0.3) is 22.2 Å². The minimum atomic E-state index is -0.527. The van der Waals surface area contributed by atoms with Gasteiger partial charge in [0, 0.05) is 33.4 Å². The molecule has 3 aromatic heterocycles.